The quantitative estimate of drug-likeness (QED) is 0.702. The van der Waals surface area contributed by atoms with E-state index in [0.29, 0.717) is 19.3 Å². The van der Waals surface area contributed by atoms with E-state index in [1.807, 2.05) is 13.0 Å². The zero-order valence-corrected chi connectivity index (χ0v) is 17.3. The maximum atomic E-state index is 12.9. The molecule has 6 heteroatoms. The van der Waals surface area contributed by atoms with Gasteiger partial charge in [-0.25, -0.2) is 0 Å². The van der Waals surface area contributed by atoms with Gasteiger partial charge in [0, 0.05) is 23.7 Å². The number of fused-ring (bicyclic) bond motifs is 5. The molecule has 0 unspecified atom stereocenters. The van der Waals surface area contributed by atoms with Gasteiger partial charge in [0.2, 0.25) is 5.78 Å². The molecular formula is C23H30O6. The molecule has 0 radical (unpaired) electrons. The first-order chi connectivity index (χ1) is 13.5. The van der Waals surface area contributed by atoms with Crippen LogP contribution in [0.5, 0.6) is 0 Å². The highest BCUT2D eigenvalue weighted by Gasteiger charge is 2.68. The van der Waals surface area contributed by atoms with Crippen molar-refractivity contribution < 1.29 is 29.3 Å². The summed E-state index contributed by atoms with van der Waals surface area (Å²) in [6.45, 7) is 4.80. The third-order valence-corrected chi connectivity index (χ3v) is 8.52. The molecule has 0 spiro atoms. The van der Waals surface area contributed by atoms with E-state index in [1.165, 1.54) is 6.92 Å². The number of allylic oxidation sites excluding steroid dienone is 4. The predicted molar refractivity (Wildman–Crippen MR) is 105 cm³/mol. The maximum Gasteiger partial charge on any atom is 0.303 e. The lowest BCUT2D eigenvalue weighted by Gasteiger charge is -2.59. The van der Waals surface area contributed by atoms with Crippen LogP contribution in [0.3, 0.4) is 0 Å². The Balaban J connectivity index is 1.66. The van der Waals surface area contributed by atoms with Crippen molar-refractivity contribution in [3.05, 3.63) is 23.8 Å². The highest BCUT2D eigenvalue weighted by Crippen LogP contribution is 2.67. The van der Waals surface area contributed by atoms with Gasteiger partial charge in [0.15, 0.2) is 12.4 Å². The lowest BCUT2D eigenvalue weighted by molar-refractivity contribution is -0.181. The summed E-state index contributed by atoms with van der Waals surface area (Å²) >= 11 is 0. The standard InChI is InChI=1S/C23H30O6/c1-13(24)29-12-19(27)23(28)9-7-17-16-5-4-14-10-15(25)6-8-21(14,2)20(16)18(26)11-22(17,23)3/h6,8,10,16-18,20,26,28H,4-5,7,9,11-12H2,1-3H3/t16-,17+,18-,20-,21+,22-,23-/m0/s1. The lowest BCUT2D eigenvalue weighted by Crippen LogP contribution is -2.61. The first kappa shape index (κ1) is 20.5. The molecule has 0 heterocycles. The van der Waals surface area contributed by atoms with E-state index in [4.69, 9.17) is 4.74 Å². The van der Waals surface area contributed by atoms with Crippen LogP contribution in [0.1, 0.15) is 52.9 Å². The Labute approximate surface area is 171 Å². The highest BCUT2D eigenvalue weighted by molar-refractivity contribution is 6.01. The Hall–Kier alpha value is -1.79. The molecule has 29 heavy (non-hydrogen) atoms. The minimum absolute atomic E-state index is 0.00243. The predicted octanol–water partition coefficient (Wildman–Crippen LogP) is 2.13. The van der Waals surface area contributed by atoms with Crippen molar-refractivity contribution in [3.8, 4) is 0 Å². The van der Waals surface area contributed by atoms with E-state index in [1.54, 1.807) is 12.2 Å². The number of aliphatic hydroxyl groups excluding tert-OH is 1. The van der Waals surface area contributed by atoms with Crippen molar-refractivity contribution in [1.82, 2.24) is 0 Å². The summed E-state index contributed by atoms with van der Waals surface area (Å²) in [6.07, 6.45) is 7.50. The molecule has 7 atom stereocenters. The van der Waals surface area contributed by atoms with Crippen LogP contribution in [-0.4, -0.2) is 46.1 Å². The SMILES string of the molecule is CC(=O)OCC(=O)[C@@]1(O)CC[C@@H]2[C@@H]3CCC4=CC(=O)C=C[C@@]4(C)[C@@H]3[C@@H](O)C[C@@]21C. The monoisotopic (exact) mass is 402 g/mol. The minimum atomic E-state index is -1.60. The molecule has 0 saturated heterocycles. The van der Waals surface area contributed by atoms with Crippen molar-refractivity contribution in [1.29, 1.82) is 0 Å². The van der Waals surface area contributed by atoms with Gasteiger partial charge in [0.05, 0.1) is 6.10 Å². The van der Waals surface area contributed by atoms with Crippen LogP contribution in [0.4, 0.5) is 0 Å². The fourth-order valence-electron chi connectivity index (χ4n) is 7.08. The fourth-order valence-corrected chi connectivity index (χ4v) is 7.08. The summed E-state index contributed by atoms with van der Waals surface area (Å²) in [6, 6.07) is 0. The zero-order valence-electron chi connectivity index (χ0n) is 17.3. The summed E-state index contributed by atoms with van der Waals surface area (Å²) in [5.41, 5.74) is -1.67. The largest absolute Gasteiger partial charge is 0.458 e. The number of rotatable bonds is 3. The number of esters is 1. The van der Waals surface area contributed by atoms with Crippen LogP contribution in [0.2, 0.25) is 0 Å². The van der Waals surface area contributed by atoms with Gasteiger partial charge in [-0.3, -0.25) is 14.4 Å². The van der Waals surface area contributed by atoms with Gasteiger partial charge in [-0.2, -0.15) is 0 Å². The summed E-state index contributed by atoms with van der Waals surface area (Å²) in [4.78, 5) is 35.9. The average Bonchev–Trinajstić information content (AvgIpc) is 2.91. The van der Waals surface area contributed by atoms with Crippen LogP contribution < -0.4 is 0 Å². The second-order valence-electron chi connectivity index (χ2n) is 9.81. The van der Waals surface area contributed by atoms with Crippen LogP contribution in [0, 0.1) is 28.6 Å². The number of carbonyl (C=O) groups is 3. The summed E-state index contributed by atoms with van der Waals surface area (Å²) in [7, 11) is 0. The highest BCUT2D eigenvalue weighted by atomic mass is 16.5. The molecule has 0 aromatic rings. The Bertz CT molecular complexity index is 827. The first-order valence-corrected chi connectivity index (χ1v) is 10.5. The number of carbonyl (C=O) groups excluding carboxylic acids is 3. The minimum Gasteiger partial charge on any atom is -0.458 e. The van der Waals surface area contributed by atoms with Crippen LogP contribution in [-0.2, 0) is 19.1 Å². The maximum absolute atomic E-state index is 12.9. The molecule has 0 amide bonds. The average molecular weight is 402 g/mol. The van der Waals surface area contributed by atoms with Gasteiger partial charge in [0.1, 0.15) is 5.60 Å². The summed E-state index contributed by atoms with van der Waals surface area (Å²) in [5, 5.41) is 22.7. The molecule has 158 valence electrons. The van der Waals surface area contributed by atoms with E-state index in [9.17, 15) is 24.6 Å². The van der Waals surface area contributed by atoms with Crippen molar-refractivity contribution in [2.75, 3.05) is 6.61 Å². The number of ether oxygens (including phenoxy) is 1. The fraction of sp³-hybridized carbons (Fsp3) is 0.696. The number of aliphatic hydroxyl groups is 2. The Morgan fingerprint density at radius 1 is 1.28 bits per heavy atom. The van der Waals surface area contributed by atoms with E-state index >= 15 is 0 Å². The smallest absolute Gasteiger partial charge is 0.303 e. The first-order valence-electron chi connectivity index (χ1n) is 10.5. The molecule has 0 aromatic carbocycles. The second-order valence-corrected chi connectivity index (χ2v) is 9.81. The van der Waals surface area contributed by atoms with Gasteiger partial charge in [-0.1, -0.05) is 25.5 Å². The van der Waals surface area contributed by atoms with Crippen LogP contribution in [0.15, 0.2) is 23.8 Å². The normalized spacial score (nSPS) is 45.7. The molecule has 0 aliphatic heterocycles. The van der Waals surface area contributed by atoms with E-state index in [-0.39, 0.29) is 29.0 Å². The van der Waals surface area contributed by atoms with Crippen molar-refractivity contribution in [2.24, 2.45) is 28.6 Å². The van der Waals surface area contributed by atoms with E-state index < -0.39 is 35.5 Å². The van der Waals surface area contributed by atoms with Gasteiger partial charge in [-0.05, 0) is 56.1 Å². The van der Waals surface area contributed by atoms with Crippen LogP contribution >= 0.6 is 0 Å². The molecule has 2 N–H and O–H groups in total. The lowest BCUT2D eigenvalue weighted by atomic mass is 9.46. The van der Waals surface area contributed by atoms with E-state index in [2.05, 4.69) is 6.92 Å². The molecule has 6 nitrogen and oxygen atoms in total. The van der Waals surface area contributed by atoms with Gasteiger partial charge < -0.3 is 14.9 Å². The topological polar surface area (TPSA) is 101 Å². The van der Waals surface area contributed by atoms with Crippen molar-refractivity contribution >= 4 is 17.5 Å². The molecule has 0 bridgehead atoms. The summed E-state index contributed by atoms with van der Waals surface area (Å²) in [5.74, 6) is -0.836. The third-order valence-electron chi connectivity index (χ3n) is 8.52. The molecule has 3 fully saturated rings. The zero-order chi connectivity index (χ0) is 21.2. The van der Waals surface area contributed by atoms with E-state index in [0.717, 1.165) is 18.4 Å². The Morgan fingerprint density at radius 3 is 2.69 bits per heavy atom. The second kappa shape index (κ2) is 6.61. The molecule has 0 aromatic heterocycles. The van der Waals surface area contributed by atoms with Gasteiger partial charge >= 0.3 is 5.97 Å². The number of hydrogen-bond donors (Lipinski definition) is 2. The van der Waals surface area contributed by atoms with Crippen molar-refractivity contribution in [2.45, 2.75) is 64.6 Å². The summed E-state index contributed by atoms with van der Waals surface area (Å²) < 4.78 is 4.88. The number of ketones is 2. The number of hydrogen-bond acceptors (Lipinski definition) is 6. The molecule has 4 rings (SSSR count). The molecular weight excluding hydrogens is 372 g/mol. The number of Topliss-reactive ketones (excluding diaryl/α,β-unsaturated/α-hetero) is 1. The van der Waals surface area contributed by atoms with Crippen LogP contribution in [0.25, 0.3) is 0 Å². The molecule has 4 aliphatic carbocycles. The van der Waals surface area contributed by atoms with Gasteiger partial charge in [-0.15, -0.1) is 0 Å². The van der Waals surface area contributed by atoms with Gasteiger partial charge in [0.25, 0.3) is 0 Å². The molecule has 3 saturated carbocycles. The Kier molecular flexibility index (Phi) is 4.67. The molecule has 4 aliphatic rings. The van der Waals surface area contributed by atoms with Crippen molar-refractivity contribution in [3.63, 3.8) is 0 Å². The third kappa shape index (κ3) is 2.79. The Morgan fingerprint density at radius 2 is 2.00 bits per heavy atom.